The molecule has 1 fully saturated rings. The first-order chi connectivity index (χ1) is 13.4. The lowest BCUT2D eigenvalue weighted by Gasteiger charge is -2.36. The Morgan fingerprint density at radius 2 is 2.07 bits per heavy atom. The fourth-order valence-corrected chi connectivity index (χ4v) is 3.64. The molecule has 0 spiro atoms. The standard InChI is InChI=1S/C18H21N5O4S/c1-12-8-22(9-13(2)27-12)16-7-18(20-11-19-16)28-10-17(24)21-14-4-3-5-15(6-14)23(25)26/h3-7,11-13H,8-10H2,1-2H3,(H,21,24). The van der Waals surface area contributed by atoms with Crippen molar-refractivity contribution < 1.29 is 14.5 Å². The second kappa shape index (κ2) is 8.98. The fourth-order valence-electron chi connectivity index (χ4n) is 2.98. The van der Waals surface area contributed by atoms with Gasteiger partial charge in [-0.3, -0.25) is 14.9 Å². The minimum Gasteiger partial charge on any atom is -0.372 e. The first kappa shape index (κ1) is 20.0. The Morgan fingerprint density at radius 3 is 2.79 bits per heavy atom. The maximum Gasteiger partial charge on any atom is 0.271 e. The number of non-ortho nitro benzene ring substituents is 1. The quantitative estimate of drug-likeness (QED) is 0.339. The number of nitro benzene ring substituents is 1. The van der Waals surface area contributed by atoms with Gasteiger partial charge in [-0.2, -0.15) is 0 Å². The minimum atomic E-state index is -0.500. The molecule has 28 heavy (non-hydrogen) atoms. The number of anilines is 2. The number of morpholine rings is 1. The van der Waals surface area contributed by atoms with Crippen LogP contribution in [0.4, 0.5) is 17.2 Å². The van der Waals surface area contributed by atoms with Gasteiger partial charge in [-0.15, -0.1) is 0 Å². The van der Waals surface area contributed by atoms with Gasteiger partial charge in [-0.25, -0.2) is 9.97 Å². The first-order valence-corrected chi connectivity index (χ1v) is 9.79. The van der Waals surface area contributed by atoms with E-state index in [0.717, 1.165) is 18.9 Å². The largest absolute Gasteiger partial charge is 0.372 e. The van der Waals surface area contributed by atoms with Crippen molar-refractivity contribution in [1.29, 1.82) is 0 Å². The lowest BCUT2D eigenvalue weighted by Crippen LogP contribution is -2.45. The Labute approximate surface area is 166 Å². The molecular weight excluding hydrogens is 382 g/mol. The van der Waals surface area contributed by atoms with Crippen LogP contribution in [0.3, 0.4) is 0 Å². The van der Waals surface area contributed by atoms with Crippen LogP contribution < -0.4 is 10.2 Å². The molecule has 1 aromatic heterocycles. The summed E-state index contributed by atoms with van der Waals surface area (Å²) in [5, 5.41) is 14.2. The Morgan fingerprint density at radius 1 is 1.32 bits per heavy atom. The van der Waals surface area contributed by atoms with Crippen LogP contribution in [0, 0.1) is 10.1 Å². The maximum atomic E-state index is 12.2. The molecule has 1 N–H and O–H groups in total. The highest BCUT2D eigenvalue weighted by Crippen LogP contribution is 2.23. The minimum absolute atomic E-state index is 0.0696. The lowest BCUT2D eigenvalue weighted by atomic mass is 10.2. The number of nitrogens with one attached hydrogen (secondary N) is 1. The number of hydrogen-bond donors (Lipinski definition) is 1. The van der Waals surface area contributed by atoms with Gasteiger partial charge >= 0.3 is 0 Å². The molecule has 1 amide bonds. The summed E-state index contributed by atoms with van der Waals surface area (Å²) in [6, 6.07) is 7.70. The normalized spacial score (nSPS) is 19.3. The second-order valence-corrected chi connectivity index (χ2v) is 7.52. The summed E-state index contributed by atoms with van der Waals surface area (Å²) in [4.78, 5) is 33.2. The molecule has 0 bridgehead atoms. The van der Waals surface area contributed by atoms with E-state index in [4.69, 9.17) is 4.74 Å². The molecule has 2 aromatic rings. The molecule has 148 valence electrons. The number of rotatable bonds is 6. The summed E-state index contributed by atoms with van der Waals surface area (Å²) in [7, 11) is 0. The van der Waals surface area contributed by atoms with Gasteiger partial charge in [0.1, 0.15) is 17.2 Å². The van der Waals surface area contributed by atoms with Crippen LogP contribution in [0.5, 0.6) is 0 Å². The van der Waals surface area contributed by atoms with Crippen molar-refractivity contribution in [2.24, 2.45) is 0 Å². The van der Waals surface area contributed by atoms with E-state index in [9.17, 15) is 14.9 Å². The lowest BCUT2D eigenvalue weighted by molar-refractivity contribution is -0.384. The van der Waals surface area contributed by atoms with E-state index < -0.39 is 4.92 Å². The molecule has 1 aliphatic heterocycles. The molecule has 0 aliphatic carbocycles. The van der Waals surface area contributed by atoms with Gasteiger partial charge in [-0.1, -0.05) is 17.8 Å². The predicted molar refractivity (Wildman–Crippen MR) is 107 cm³/mol. The molecule has 2 unspecified atom stereocenters. The van der Waals surface area contributed by atoms with E-state index in [1.807, 2.05) is 19.9 Å². The van der Waals surface area contributed by atoms with E-state index in [1.165, 1.54) is 36.3 Å². The highest BCUT2D eigenvalue weighted by atomic mass is 32.2. The van der Waals surface area contributed by atoms with Gasteiger partial charge in [0.25, 0.3) is 5.69 Å². The number of hydrogen-bond acceptors (Lipinski definition) is 8. The Bertz CT molecular complexity index is 855. The zero-order valence-electron chi connectivity index (χ0n) is 15.6. The number of carbonyl (C=O) groups excluding carboxylic acids is 1. The van der Waals surface area contributed by atoms with Crippen LogP contribution in [0.2, 0.25) is 0 Å². The summed E-state index contributed by atoms with van der Waals surface area (Å²) in [6.45, 7) is 5.55. The van der Waals surface area contributed by atoms with E-state index in [0.29, 0.717) is 10.7 Å². The van der Waals surface area contributed by atoms with E-state index >= 15 is 0 Å². The van der Waals surface area contributed by atoms with Crippen LogP contribution in [-0.2, 0) is 9.53 Å². The third-order valence-corrected chi connectivity index (χ3v) is 4.99. The van der Waals surface area contributed by atoms with Crippen LogP contribution in [0.15, 0.2) is 41.7 Å². The predicted octanol–water partition coefficient (Wildman–Crippen LogP) is 2.73. The number of aromatic nitrogens is 2. The molecule has 0 radical (unpaired) electrons. The number of ether oxygens (including phenoxy) is 1. The molecule has 1 aliphatic rings. The Balaban J connectivity index is 1.58. The molecule has 1 saturated heterocycles. The Hall–Kier alpha value is -2.72. The van der Waals surface area contributed by atoms with Crippen molar-refractivity contribution in [2.75, 3.05) is 29.1 Å². The summed E-state index contributed by atoms with van der Waals surface area (Å²) in [6.07, 6.45) is 1.73. The summed E-state index contributed by atoms with van der Waals surface area (Å²) in [5.74, 6) is 0.674. The van der Waals surface area contributed by atoms with Crippen LogP contribution in [0.1, 0.15) is 13.8 Å². The zero-order valence-corrected chi connectivity index (χ0v) is 16.4. The van der Waals surface area contributed by atoms with Crippen molar-refractivity contribution >= 4 is 34.9 Å². The maximum absolute atomic E-state index is 12.2. The van der Waals surface area contributed by atoms with Gasteiger partial charge in [0, 0.05) is 37.0 Å². The van der Waals surface area contributed by atoms with Gasteiger partial charge in [-0.05, 0) is 19.9 Å². The van der Waals surface area contributed by atoms with Gasteiger partial charge in [0.2, 0.25) is 5.91 Å². The van der Waals surface area contributed by atoms with Crippen LogP contribution in [0.25, 0.3) is 0 Å². The highest BCUT2D eigenvalue weighted by Gasteiger charge is 2.23. The number of carbonyl (C=O) groups is 1. The summed E-state index contributed by atoms with van der Waals surface area (Å²) >= 11 is 1.28. The SMILES string of the molecule is CC1CN(c2cc(SCC(=O)Nc3cccc([N+](=O)[O-])c3)ncn2)CC(C)O1. The van der Waals surface area contributed by atoms with Crippen molar-refractivity contribution in [3.63, 3.8) is 0 Å². The molecular formula is C18H21N5O4S. The fraction of sp³-hybridized carbons (Fsp3) is 0.389. The first-order valence-electron chi connectivity index (χ1n) is 8.80. The third-order valence-electron chi connectivity index (χ3n) is 4.06. The number of nitrogens with zero attached hydrogens (tertiary/aromatic N) is 4. The number of amides is 1. The van der Waals surface area contributed by atoms with Crippen molar-refractivity contribution in [3.05, 3.63) is 46.8 Å². The molecule has 3 rings (SSSR count). The van der Waals surface area contributed by atoms with E-state index in [-0.39, 0.29) is 29.6 Å². The third kappa shape index (κ3) is 5.40. The number of nitro groups is 1. The molecule has 9 nitrogen and oxygen atoms in total. The summed E-state index contributed by atoms with van der Waals surface area (Å²) < 4.78 is 5.74. The van der Waals surface area contributed by atoms with Crippen molar-refractivity contribution in [1.82, 2.24) is 9.97 Å². The van der Waals surface area contributed by atoms with Crippen LogP contribution >= 0.6 is 11.8 Å². The van der Waals surface area contributed by atoms with Gasteiger partial charge in [0.05, 0.1) is 22.9 Å². The van der Waals surface area contributed by atoms with E-state index in [2.05, 4.69) is 20.2 Å². The molecule has 2 atom stereocenters. The molecule has 0 saturated carbocycles. The van der Waals surface area contributed by atoms with Crippen molar-refractivity contribution in [2.45, 2.75) is 31.1 Å². The van der Waals surface area contributed by atoms with Crippen LogP contribution in [-0.4, -0.2) is 51.8 Å². The number of benzene rings is 1. The van der Waals surface area contributed by atoms with Gasteiger partial charge < -0.3 is 15.0 Å². The molecule has 1 aromatic carbocycles. The molecule has 2 heterocycles. The van der Waals surface area contributed by atoms with E-state index in [1.54, 1.807) is 6.07 Å². The zero-order chi connectivity index (χ0) is 20.1. The average molecular weight is 403 g/mol. The topological polar surface area (TPSA) is 110 Å². The average Bonchev–Trinajstić information content (AvgIpc) is 2.66. The van der Waals surface area contributed by atoms with Crippen molar-refractivity contribution in [3.8, 4) is 0 Å². The highest BCUT2D eigenvalue weighted by molar-refractivity contribution is 7.99. The Kier molecular flexibility index (Phi) is 6.42. The summed E-state index contributed by atoms with van der Waals surface area (Å²) in [5.41, 5.74) is 0.319. The second-order valence-electron chi connectivity index (χ2n) is 6.52. The smallest absolute Gasteiger partial charge is 0.271 e. The monoisotopic (exact) mass is 403 g/mol. The number of thioether (sulfide) groups is 1. The van der Waals surface area contributed by atoms with Gasteiger partial charge in [0.15, 0.2) is 0 Å². The molecule has 10 heteroatoms.